The molecule has 2 saturated heterocycles. The molecule has 2 fully saturated rings. The van der Waals surface area contributed by atoms with Gasteiger partial charge in [-0.3, -0.25) is 9.59 Å². The standard InChI is InChI=1S/C44H55N9O8/c1-43(2,58)35(49-41(56)60-5)39(54)52-20-10-14-33(52)37-45-29-18-16-26(22-31(29)47-37)24-51(28-12-8-7-9-13-28)25-27-17-19-30-32(23-27)48-38(46-30)34-15-11-21-53(34)40(55)36(44(3,4)59)50-42(57)61-6/h7-9,12-13,16-19,22-23,33-36,58-59H,10-11,14-15,20-21,24-25H2,1-6H3,(H,45,47)(H,46,48)(H,49,56)(H,50,57). The van der Waals surface area contributed by atoms with Crippen LogP contribution in [0.1, 0.15) is 88.2 Å². The van der Waals surface area contributed by atoms with Crippen LogP contribution in [0.2, 0.25) is 0 Å². The van der Waals surface area contributed by atoms with Crippen LogP contribution in [0, 0.1) is 0 Å². The van der Waals surface area contributed by atoms with Gasteiger partial charge in [0.15, 0.2) is 0 Å². The van der Waals surface area contributed by atoms with Gasteiger partial charge in [-0.2, -0.15) is 0 Å². The zero-order valence-electron chi connectivity index (χ0n) is 35.4. The van der Waals surface area contributed by atoms with Crippen LogP contribution in [0.15, 0.2) is 66.7 Å². The first kappa shape index (κ1) is 42.9. The summed E-state index contributed by atoms with van der Waals surface area (Å²) in [5, 5.41) is 26.6. The van der Waals surface area contributed by atoms with E-state index in [0.717, 1.165) is 51.7 Å². The van der Waals surface area contributed by atoms with E-state index in [1.54, 1.807) is 9.80 Å². The molecule has 0 aliphatic carbocycles. The predicted molar refractivity (Wildman–Crippen MR) is 227 cm³/mol. The normalized spacial score (nSPS) is 18.0. The molecule has 4 amide bonds. The van der Waals surface area contributed by atoms with Crippen LogP contribution >= 0.6 is 0 Å². The number of benzene rings is 3. The lowest BCUT2D eigenvalue weighted by Gasteiger charge is -2.34. The topological polar surface area (TPSA) is 218 Å². The van der Waals surface area contributed by atoms with Crippen LogP contribution in [0.5, 0.6) is 0 Å². The van der Waals surface area contributed by atoms with Crippen LogP contribution in [-0.2, 0) is 32.2 Å². The lowest BCUT2D eigenvalue weighted by Crippen LogP contribution is -2.58. The summed E-state index contributed by atoms with van der Waals surface area (Å²) in [6.07, 6.45) is 1.23. The molecule has 4 unspecified atom stereocenters. The number of anilines is 1. The van der Waals surface area contributed by atoms with Crippen molar-refractivity contribution in [2.45, 2.75) is 102 Å². The number of rotatable bonds is 13. The van der Waals surface area contributed by atoms with Crippen molar-refractivity contribution >= 4 is 51.8 Å². The van der Waals surface area contributed by atoms with Crippen LogP contribution in [0.25, 0.3) is 22.1 Å². The third kappa shape index (κ3) is 9.42. The number of hydrogen-bond donors (Lipinski definition) is 6. The van der Waals surface area contributed by atoms with Gasteiger partial charge in [0, 0.05) is 31.9 Å². The number of aromatic amines is 2. The van der Waals surface area contributed by atoms with Crippen molar-refractivity contribution < 1.29 is 38.9 Å². The van der Waals surface area contributed by atoms with Gasteiger partial charge in [0.05, 0.1) is 59.6 Å². The van der Waals surface area contributed by atoms with Gasteiger partial charge < -0.3 is 55.0 Å². The van der Waals surface area contributed by atoms with Gasteiger partial charge in [0.2, 0.25) is 11.8 Å². The zero-order valence-corrected chi connectivity index (χ0v) is 35.4. The van der Waals surface area contributed by atoms with Crippen LogP contribution in [-0.4, -0.2) is 115 Å². The second-order valence-electron chi connectivity index (χ2n) is 17.0. The Morgan fingerprint density at radius 2 is 1.15 bits per heavy atom. The highest BCUT2D eigenvalue weighted by atomic mass is 16.5. The van der Waals surface area contributed by atoms with Crippen molar-refractivity contribution in [3.8, 4) is 0 Å². The van der Waals surface area contributed by atoms with E-state index in [4.69, 9.17) is 19.4 Å². The van der Waals surface area contributed by atoms with Gasteiger partial charge in [-0.15, -0.1) is 0 Å². The largest absolute Gasteiger partial charge is 0.453 e. The molecule has 0 radical (unpaired) electrons. The number of carbonyl (C=O) groups is 4. The maximum absolute atomic E-state index is 13.8. The summed E-state index contributed by atoms with van der Waals surface area (Å²) in [5.74, 6) is 0.450. The highest BCUT2D eigenvalue weighted by molar-refractivity contribution is 5.88. The summed E-state index contributed by atoms with van der Waals surface area (Å²) in [6, 6.07) is 19.2. The molecule has 3 aromatic carbocycles. The van der Waals surface area contributed by atoms with E-state index >= 15 is 0 Å². The second kappa shape index (κ2) is 17.4. The van der Waals surface area contributed by atoms with Crippen LogP contribution in [0.3, 0.4) is 0 Å². The molecule has 17 nitrogen and oxygen atoms in total. The number of alkyl carbamates (subject to hydrolysis) is 2. The molecule has 4 heterocycles. The fourth-order valence-electron chi connectivity index (χ4n) is 8.38. The van der Waals surface area contributed by atoms with Crippen molar-refractivity contribution in [1.82, 2.24) is 40.4 Å². The number of nitrogens with one attached hydrogen (secondary N) is 4. The Bertz CT molecular complexity index is 2240. The molecule has 17 heteroatoms. The summed E-state index contributed by atoms with van der Waals surface area (Å²) in [5.41, 5.74) is 3.21. The number of carbonyl (C=O) groups excluding carboxylic acids is 4. The fourth-order valence-corrected chi connectivity index (χ4v) is 8.38. The maximum atomic E-state index is 13.8. The Kier molecular flexibility index (Phi) is 12.3. The van der Waals surface area contributed by atoms with Gasteiger partial charge in [-0.05, 0) is 101 Å². The Hall–Kier alpha value is -6.20. The molecule has 6 N–H and O–H groups in total. The Balaban J connectivity index is 1.10. The molecular formula is C44H55N9O8. The summed E-state index contributed by atoms with van der Waals surface area (Å²) < 4.78 is 9.45. The number of methoxy groups -OCH3 is 2. The minimum Gasteiger partial charge on any atom is -0.453 e. The summed E-state index contributed by atoms with van der Waals surface area (Å²) in [6.45, 7) is 7.96. The molecule has 4 atom stereocenters. The zero-order chi connectivity index (χ0) is 43.6. The molecule has 0 bridgehead atoms. The number of nitrogens with zero attached hydrogens (tertiary/aromatic N) is 5. The van der Waals surface area contributed by atoms with Crippen molar-refractivity contribution in [3.05, 3.63) is 89.5 Å². The molecule has 0 spiro atoms. The average Bonchev–Trinajstić information content (AvgIpc) is 4.06. The number of ether oxygens (including phenoxy) is 2. The second-order valence-corrected chi connectivity index (χ2v) is 17.0. The molecule has 7 rings (SSSR count). The number of aromatic nitrogens is 4. The van der Waals surface area contributed by atoms with Gasteiger partial charge in [-0.25, -0.2) is 19.6 Å². The van der Waals surface area contributed by atoms with Crippen molar-refractivity contribution in [3.63, 3.8) is 0 Å². The van der Waals surface area contributed by atoms with Crippen LogP contribution in [0.4, 0.5) is 15.3 Å². The quantitative estimate of drug-likeness (QED) is 0.0931. The number of aliphatic hydroxyl groups is 2. The Labute approximate surface area is 353 Å². The highest BCUT2D eigenvalue weighted by Gasteiger charge is 2.44. The molecule has 61 heavy (non-hydrogen) atoms. The number of fused-ring (bicyclic) bond motifs is 2. The Morgan fingerprint density at radius 1 is 0.721 bits per heavy atom. The Morgan fingerprint density at radius 3 is 1.54 bits per heavy atom. The van der Waals surface area contributed by atoms with Gasteiger partial charge in [0.1, 0.15) is 23.7 Å². The van der Waals surface area contributed by atoms with E-state index in [1.165, 1.54) is 41.9 Å². The minimum absolute atomic E-state index is 0.364. The van der Waals surface area contributed by atoms with E-state index in [0.29, 0.717) is 50.7 Å². The van der Waals surface area contributed by atoms with E-state index in [9.17, 15) is 29.4 Å². The van der Waals surface area contributed by atoms with Crippen molar-refractivity contribution in [2.24, 2.45) is 0 Å². The van der Waals surface area contributed by atoms with Crippen LogP contribution < -0.4 is 15.5 Å². The molecule has 2 aliphatic heterocycles. The number of para-hydroxylation sites is 1. The lowest BCUT2D eigenvalue weighted by atomic mass is 9.97. The van der Waals surface area contributed by atoms with E-state index in [1.807, 2.05) is 42.5 Å². The smallest absolute Gasteiger partial charge is 0.407 e. The summed E-state index contributed by atoms with van der Waals surface area (Å²) in [4.78, 5) is 74.0. The lowest BCUT2D eigenvalue weighted by molar-refractivity contribution is -0.141. The molecule has 2 aliphatic rings. The molecule has 0 saturated carbocycles. The first-order valence-electron chi connectivity index (χ1n) is 20.6. The number of amides is 4. The number of H-pyrrole nitrogens is 2. The van der Waals surface area contributed by atoms with Gasteiger partial charge in [-0.1, -0.05) is 30.3 Å². The average molecular weight is 838 g/mol. The molecular weight excluding hydrogens is 783 g/mol. The summed E-state index contributed by atoms with van der Waals surface area (Å²) >= 11 is 0. The summed E-state index contributed by atoms with van der Waals surface area (Å²) in [7, 11) is 2.42. The number of imidazole rings is 2. The third-order valence-electron chi connectivity index (χ3n) is 11.5. The monoisotopic (exact) mass is 837 g/mol. The van der Waals surface area contributed by atoms with Gasteiger partial charge in [0.25, 0.3) is 0 Å². The first-order chi connectivity index (χ1) is 29.0. The maximum Gasteiger partial charge on any atom is 0.407 e. The minimum atomic E-state index is -1.53. The number of hydrogen-bond acceptors (Lipinski definition) is 11. The molecule has 324 valence electrons. The third-order valence-corrected chi connectivity index (χ3v) is 11.5. The predicted octanol–water partition coefficient (Wildman–Crippen LogP) is 4.96. The SMILES string of the molecule is COC(=O)NC(C(=O)N1CCCC1c1nc2ccc(CN(Cc3ccc4nc(C5CCCN5C(=O)C(NC(=O)OC)C(C)(C)O)[nH]c4c3)c3ccccc3)cc2[nH]1)C(C)(C)O. The van der Waals surface area contributed by atoms with E-state index in [-0.39, 0.29) is 12.1 Å². The van der Waals surface area contributed by atoms with E-state index < -0.39 is 47.3 Å². The van der Waals surface area contributed by atoms with E-state index in [2.05, 4.69) is 49.8 Å². The molecule has 2 aromatic heterocycles. The number of likely N-dealkylation sites (tertiary alicyclic amines) is 2. The van der Waals surface area contributed by atoms with Gasteiger partial charge >= 0.3 is 12.2 Å². The fraction of sp³-hybridized carbons (Fsp3) is 0.455. The highest BCUT2D eigenvalue weighted by Crippen LogP contribution is 2.35. The first-order valence-corrected chi connectivity index (χ1v) is 20.6. The molecule has 5 aromatic rings. The van der Waals surface area contributed by atoms with Crippen molar-refractivity contribution in [1.29, 1.82) is 0 Å². The van der Waals surface area contributed by atoms with Crippen molar-refractivity contribution in [2.75, 3.05) is 32.2 Å².